The fourth-order valence-electron chi connectivity index (χ4n) is 4.72. The normalized spacial score (nSPS) is 27.0. The number of rotatable bonds is 2. The quantitative estimate of drug-likeness (QED) is 0.645. The molecule has 3 heteroatoms. The van der Waals surface area contributed by atoms with Gasteiger partial charge in [0.2, 0.25) is 0 Å². The molecule has 2 unspecified atom stereocenters. The Hall–Kier alpha value is -1.80. The Balaban J connectivity index is 1.69. The van der Waals surface area contributed by atoms with Crippen molar-refractivity contribution in [2.45, 2.75) is 52.0 Å². The van der Waals surface area contributed by atoms with E-state index in [2.05, 4.69) is 42.6 Å². The molecule has 0 aromatic heterocycles. The molecule has 1 heterocycles. The number of nitrogens with one attached hydrogen (secondary N) is 1. The fourth-order valence-corrected chi connectivity index (χ4v) is 4.93. The lowest BCUT2D eigenvalue weighted by Crippen LogP contribution is -2.42. The van der Waals surface area contributed by atoms with Crippen molar-refractivity contribution in [2.75, 3.05) is 5.32 Å². The number of amidine groups is 1. The van der Waals surface area contributed by atoms with Gasteiger partial charge in [-0.3, -0.25) is 4.99 Å². The van der Waals surface area contributed by atoms with E-state index in [1.54, 1.807) is 0 Å². The minimum absolute atomic E-state index is 0.156. The van der Waals surface area contributed by atoms with E-state index in [0.717, 1.165) is 17.4 Å². The standard InChI is InChI=1S/C23H27ClN2/c1-17-7-4-5-12-23(14-17)15-19-9-2-3-11-21(19)26-22(23)25-16-18-8-6-10-20(24)13-18/h2-3,6,8-11,13,17H,4-5,7,12,14-16H2,1H3,(H,25,26). The Bertz CT molecular complexity index is 813. The van der Waals surface area contributed by atoms with Crippen LogP contribution in [0.1, 0.15) is 50.2 Å². The predicted octanol–water partition coefficient (Wildman–Crippen LogP) is 6.49. The third-order valence-electron chi connectivity index (χ3n) is 5.95. The van der Waals surface area contributed by atoms with Gasteiger partial charge in [-0.2, -0.15) is 0 Å². The van der Waals surface area contributed by atoms with E-state index in [9.17, 15) is 0 Å². The van der Waals surface area contributed by atoms with Gasteiger partial charge in [0.25, 0.3) is 0 Å². The Morgan fingerprint density at radius 3 is 2.92 bits per heavy atom. The van der Waals surface area contributed by atoms with E-state index in [4.69, 9.17) is 16.6 Å². The number of fused-ring (bicyclic) bond motifs is 1. The van der Waals surface area contributed by atoms with Gasteiger partial charge in [-0.05, 0) is 54.5 Å². The molecular weight excluding hydrogens is 340 g/mol. The van der Waals surface area contributed by atoms with Crippen LogP contribution in [-0.2, 0) is 13.0 Å². The van der Waals surface area contributed by atoms with E-state index in [0.29, 0.717) is 6.54 Å². The smallest absolute Gasteiger partial charge is 0.108 e. The lowest BCUT2D eigenvalue weighted by molar-refractivity contribution is 0.312. The first-order valence-electron chi connectivity index (χ1n) is 9.79. The van der Waals surface area contributed by atoms with Crippen LogP contribution >= 0.6 is 11.6 Å². The highest BCUT2D eigenvalue weighted by Gasteiger charge is 2.41. The van der Waals surface area contributed by atoms with Crippen molar-refractivity contribution in [3.8, 4) is 0 Å². The topological polar surface area (TPSA) is 24.4 Å². The number of hydrogen-bond acceptors (Lipinski definition) is 1. The Morgan fingerprint density at radius 1 is 1.15 bits per heavy atom. The third kappa shape index (κ3) is 3.66. The van der Waals surface area contributed by atoms with E-state index in [1.807, 2.05) is 18.2 Å². The second-order valence-corrected chi connectivity index (χ2v) is 8.53. The molecule has 2 atom stereocenters. The maximum atomic E-state index is 6.15. The zero-order valence-electron chi connectivity index (χ0n) is 15.5. The Kier molecular flexibility index (Phi) is 5.04. The molecule has 4 rings (SSSR count). The molecule has 0 saturated heterocycles. The van der Waals surface area contributed by atoms with Crippen LogP contribution in [0.3, 0.4) is 0 Å². The second kappa shape index (κ2) is 7.44. The Labute approximate surface area is 161 Å². The van der Waals surface area contributed by atoms with Crippen LogP contribution in [0.15, 0.2) is 53.5 Å². The van der Waals surface area contributed by atoms with Gasteiger partial charge in [-0.1, -0.05) is 68.1 Å². The van der Waals surface area contributed by atoms with Gasteiger partial charge < -0.3 is 5.32 Å². The fraction of sp³-hybridized carbons (Fsp3) is 0.435. The van der Waals surface area contributed by atoms with Crippen LogP contribution in [0, 0.1) is 11.3 Å². The van der Waals surface area contributed by atoms with Gasteiger partial charge in [0.1, 0.15) is 5.84 Å². The molecular formula is C23H27ClN2. The number of hydrogen-bond donors (Lipinski definition) is 1. The number of nitrogens with zero attached hydrogens (tertiary/aromatic N) is 1. The molecule has 1 N–H and O–H groups in total. The van der Waals surface area contributed by atoms with Crippen molar-refractivity contribution in [3.63, 3.8) is 0 Å². The third-order valence-corrected chi connectivity index (χ3v) is 6.19. The SMILES string of the molecule is CC1CCCCC2(Cc3ccccc3NC2=NCc2cccc(Cl)c2)C1. The summed E-state index contributed by atoms with van der Waals surface area (Å²) in [6.45, 7) is 3.09. The van der Waals surface area contributed by atoms with Gasteiger partial charge in [0, 0.05) is 16.1 Å². The highest BCUT2D eigenvalue weighted by molar-refractivity contribution is 6.30. The lowest BCUT2D eigenvalue weighted by atomic mass is 9.70. The summed E-state index contributed by atoms with van der Waals surface area (Å²) in [5.74, 6) is 1.94. The van der Waals surface area contributed by atoms with Crippen molar-refractivity contribution in [2.24, 2.45) is 16.3 Å². The maximum absolute atomic E-state index is 6.15. The molecule has 0 amide bonds. The maximum Gasteiger partial charge on any atom is 0.108 e. The van der Waals surface area contributed by atoms with E-state index >= 15 is 0 Å². The summed E-state index contributed by atoms with van der Waals surface area (Å²) in [4.78, 5) is 5.09. The second-order valence-electron chi connectivity index (χ2n) is 8.09. The van der Waals surface area contributed by atoms with E-state index in [1.165, 1.54) is 54.8 Å². The monoisotopic (exact) mass is 366 g/mol. The van der Waals surface area contributed by atoms with Crippen LogP contribution in [0.2, 0.25) is 5.02 Å². The van der Waals surface area contributed by atoms with Crippen LogP contribution in [0.25, 0.3) is 0 Å². The zero-order chi connectivity index (χ0) is 18.0. The first-order valence-corrected chi connectivity index (χ1v) is 10.2. The van der Waals surface area contributed by atoms with E-state index < -0.39 is 0 Å². The lowest BCUT2D eigenvalue weighted by Gasteiger charge is -2.40. The van der Waals surface area contributed by atoms with Gasteiger partial charge in [0.05, 0.1) is 6.54 Å². The first kappa shape index (κ1) is 17.6. The van der Waals surface area contributed by atoms with Crippen molar-refractivity contribution in [3.05, 3.63) is 64.7 Å². The van der Waals surface area contributed by atoms with Crippen LogP contribution in [0.4, 0.5) is 5.69 Å². The molecule has 1 aliphatic carbocycles. The van der Waals surface area contributed by atoms with Crippen molar-refractivity contribution >= 4 is 23.1 Å². The van der Waals surface area contributed by atoms with Gasteiger partial charge in [0.15, 0.2) is 0 Å². The molecule has 2 nitrogen and oxygen atoms in total. The van der Waals surface area contributed by atoms with Crippen LogP contribution in [-0.4, -0.2) is 5.84 Å². The molecule has 1 spiro atoms. The molecule has 1 aliphatic heterocycles. The van der Waals surface area contributed by atoms with Gasteiger partial charge >= 0.3 is 0 Å². The summed E-state index contributed by atoms with van der Waals surface area (Å²) in [5.41, 5.74) is 3.98. The number of halogens is 1. The molecule has 2 aromatic rings. The minimum Gasteiger partial charge on any atom is -0.343 e. The highest BCUT2D eigenvalue weighted by Crippen LogP contribution is 2.45. The summed E-state index contributed by atoms with van der Waals surface area (Å²) < 4.78 is 0. The molecule has 26 heavy (non-hydrogen) atoms. The molecule has 136 valence electrons. The van der Waals surface area contributed by atoms with Gasteiger partial charge in [-0.25, -0.2) is 0 Å². The largest absolute Gasteiger partial charge is 0.343 e. The van der Waals surface area contributed by atoms with E-state index in [-0.39, 0.29) is 5.41 Å². The highest BCUT2D eigenvalue weighted by atomic mass is 35.5. The zero-order valence-corrected chi connectivity index (χ0v) is 16.2. The average molecular weight is 367 g/mol. The number of aliphatic imine (C=N–C) groups is 1. The molecule has 0 bridgehead atoms. The summed E-state index contributed by atoms with van der Waals surface area (Å²) in [6.07, 6.45) is 7.53. The minimum atomic E-state index is 0.156. The molecule has 1 fully saturated rings. The van der Waals surface area contributed by atoms with Gasteiger partial charge in [-0.15, -0.1) is 0 Å². The first-order chi connectivity index (χ1) is 12.6. The molecule has 2 aromatic carbocycles. The molecule has 1 saturated carbocycles. The number of benzene rings is 2. The summed E-state index contributed by atoms with van der Waals surface area (Å²) in [6, 6.07) is 16.8. The molecule has 0 radical (unpaired) electrons. The van der Waals surface area contributed by atoms with Crippen molar-refractivity contribution in [1.82, 2.24) is 0 Å². The van der Waals surface area contributed by atoms with Crippen molar-refractivity contribution in [1.29, 1.82) is 0 Å². The predicted molar refractivity (Wildman–Crippen MR) is 111 cm³/mol. The van der Waals surface area contributed by atoms with Crippen LogP contribution < -0.4 is 5.32 Å². The van der Waals surface area contributed by atoms with Crippen LogP contribution in [0.5, 0.6) is 0 Å². The Morgan fingerprint density at radius 2 is 2.04 bits per heavy atom. The summed E-state index contributed by atoms with van der Waals surface area (Å²) >= 11 is 6.15. The van der Waals surface area contributed by atoms with Crippen molar-refractivity contribution < 1.29 is 0 Å². The molecule has 2 aliphatic rings. The number of para-hydroxylation sites is 1. The average Bonchev–Trinajstić information content (AvgIpc) is 2.81. The summed E-state index contributed by atoms with van der Waals surface area (Å²) in [7, 11) is 0. The number of anilines is 1. The summed E-state index contributed by atoms with van der Waals surface area (Å²) in [5, 5.41) is 4.49.